The predicted octanol–water partition coefficient (Wildman–Crippen LogP) is 5.05. The summed E-state index contributed by atoms with van der Waals surface area (Å²) in [6, 6.07) is 6.31. The fraction of sp³-hybridized carbons (Fsp3) is 0.368. The van der Waals surface area contributed by atoms with Crippen molar-refractivity contribution in [3.05, 3.63) is 49.8 Å². The molecule has 156 valence electrons. The second-order valence-corrected chi connectivity index (χ2v) is 12.2. The molecule has 2 heterocycles. The van der Waals surface area contributed by atoms with Crippen LogP contribution in [0, 0.1) is 19.8 Å². The number of halogens is 1. The number of hydrogen-bond acceptors (Lipinski definition) is 6. The molecule has 2 aliphatic rings. The summed E-state index contributed by atoms with van der Waals surface area (Å²) >= 11 is 6.49. The van der Waals surface area contributed by atoms with Crippen LogP contribution in [0.4, 0.5) is 5.82 Å². The smallest absolute Gasteiger partial charge is 0.261 e. The van der Waals surface area contributed by atoms with Crippen LogP contribution in [0.15, 0.2) is 42.6 Å². The van der Waals surface area contributed by atoms with E-state index in [4.69, 9.17) is 0 Å². The number of aromatic nitrogens is 2. The SMILES string of the molecule is Cc1sc(SCCC(C)C)c2c(NS(=O)(=O)c3ccc(Br)cc3)nc(=O)n-2c1C. The molecule has 0 fully saturated rings. The molecule has 2 aliphatic heterocycles. The summed E-state index contributed by atoms with van der Waals surface area (Å²) < 4.78 is 31.4. The van der Waals surface area contributed by atoms with Crippen molar-refractivity contribution in [3.8, 4) is 5.69 Å². The molecular formula is C19H22BrN3O3S3. The Labute approximate surface area is 187 Å². The Balaban J connectivity index is 2.06. The molecule has 1 aromatic rings. The summed E-state index contributed by atoms with van der Waals surface area (Å²) in [6.45, 7) is 8.12. The molecule has 0 unspecified atom stereocenters. The standard InChI is InChI=1S/C19H22BrN3O3S3/c1-11(2)9-10-27-18-16-17(21-19(24)23(16)12(3)13(4)28-18)22-29(25,26)15-7-5-14(20)6-8-15/h5-8,11H,9-10H2,1-4H3,(H,21,22,24). The lowest BCUT2D eigenvalue weighted by Crippen LogP contribution is -2.17. The van der Waals surface area contributed by atoms with E-state index in [2.05, 4.69) is 39.5 Å². The molecule has 6 nitrogen and oxygen atoms in total. The Morgan fingerprint density at radius 1 is 1.24 bits per heavy atom. The van der Waals surface area contributed by atoms with Crippen molar-refractivity contribution in [1.29, 1.82) is 0 Å². The van der Waals surface area contributed by atoms with Crippen LogP contribution >= 0.6 is 39.0 Å². The Kier molecular flexibility index (Phi) is 6.77. The molecule has 0 atom stereocenters. The van der Waals surface area contributed by atoms with E-state index in [0.29, 0.717) is 11.6 Å². The van der Waals surface area contributed by atoms with Crippen LogP contribution in [0.5, 0.6) is 0 Å². The molecule has 0 aromatic heterocycles. The number of hydrogen-bond donors (Lipinski definition) is 1. The minimum atomic E-state index is -3.87. The first kappa shape index (κ1) is 22.3. The minimum Gasteiger partial charge on any atom is -0.261 e. The van der Waals surface area contributed by atoms with Crippen molar-refractivity contribution in [2.75, 3.05) is 10.5 Å². The van der Waals surface area contributed by atoms with Crippen LogP contribution in [0.1, 0.15) is 30.8 Å². The predicted molar refractivity (Wildman–Crippen MR) is 124 cm³/mol. The maximum Gasteiger partial charge on any atom is 0.354 e. The van der Waals surface area contributed by atoms with E-state index in [1.165, 1.54) is 16.7 Å². The maximum atomic E-state index is 12.9. The molecule has 0 saturated heterocycles. The van der Waals surface area contributed by atoms with E-state index >= 15 is 0 Å². The molecule has 0 saturated carbocycles. The van der Waals surface area contributed by atoms with E-state index in [0.717, 1.165) is 31.4 Å². The molecule has 1 N–H and O–H groups in total. The van der Waals surface area contributed by atoms with Gasteiger partial charge in [-0.15, -0.1) is 23.1 Å². The first-order chi connectivity index (χ1) is 13.6. The van der Waals surface area contributed by atoms with Crippen molar-refractivity contribution >= 4 is 54.9 Å². The van der Waals surface area contributed by atoms with Gasteiger partial charge in [-0.25, -0.2) is 13.2 Å². The summed E-state index contributed by atoms with van der Waals surface area (Å²) in [4.78, 5) is 17.7. The lowest BCUT2D eigenvalue weighted by Gasteiger charge is -2.16. The van der Waals surface area contributed by atoms with Gasteiger partial charge in [-0.1, -0.05) is 29.8 Å². The normalized spacial score (nSPS) is 12.1. The number of nitrogens with one attached hydrogen (secondary N) is 1. The van der Waals surface area contributed by atoms with Crippen molar-refractivity contribution < 1.29 is 8.42 Å². The Hall–Kier alpha value is -1.36. The Bertz CT molecular complexity index is 1150. The van der Waals surface area contributed by atoms with Crippen molar-refractivity contribution in [2.24, 2.45) is 5.92 Å². The quantitative estimate of drug-likeness (QED) is 0.445. The largest absolute Gasteiger partial charge is 0.354 e. The number of benzene rings is 1. The zero-order valence-corrected chi connectivity index (χ0v) is 20.6. The average molecular weight is 517 g/mol. The van der Waals surface area contributed by atoms with Crippen molar-refractivity contribution in [2.45, 2.75) is 43.2 Å². The third-order valence-corrected chi connectivity index (χ3v) is 8.78. The molecule has 0 aliphatic carbocycles. The summed E-state index contributed by atoms with van der Waals surface area (Å²) in [5.41, 5.74) is 0.815. The average Bonchev–Trinajstić information content (AvgIpc) is 2.95. The van der Waals surface area contributed by atoms with Gasteiger partial charge >= 0.3 is 5.69 Å². The molecule has 0 radical (unpaired) electrons. The highest BCUT2D eigenvalue weighted by atomic mass is 79.9. The highest BCUT2D eigenvalue weighted by molar-refractivity contribution is 9.10. The van der Waals surface area contributed by atoms with Crippen LogP contribution < -0.4 is 10.4 Å². The highest BCUT2D eigenvalue weighted by Gasteiger charge is 2.26. The maximum absolute atomic E-state index is 12.9. The number of anilines is 1. The second kappa shape index (κ2) is 8.79. The first-order valence-electron chi connectivity index (χ1n) is 9.04. The number of rotatable bonds is 7. The van der Waals surface area contributed by atoms with Gasteiger partial charge in [0, 0.05) is 15.0 Å². The van der Waals surface area contributed by atoms with Gasteiger partial charge < -0.3 is 0 Å². The van der Waals surface area contributed by atoms with Gasteiger partial charge in [0.15, 0.2) is 5.82 Å². The van der Waals surface area contributed by atoms with E-state index in [-0.39, 0.29) is 10.7 Å². The molecule has 0 bridgehead atoms. The molecule has 29 heavy (non-hydrogen) atoms. The zero-order chi connectivity index (χ0) is 21.3. The van der Waals surface area contributed by atoms with Gasteiger partial charge in [0.1, 0.15) is 5.69 Å². The number of imidazole rings is 1. The summed E-state index contributed by atoms with van der Waals surface area (Å²) in [7, 11) is -3.87. The lowest BCUT2D eigenvalue weighted by atomic mass is 10.2. The van der Waals surface area contributed by atoms with Gasteiger partial charge in [0.25, 0.3) is 10.0 Å². The van der Waals surface area contributed by atoms with Crippen LogP contribution in [0.3, 0.4) is 0 Å². The highest BCUT2D eigenvalue weighted by Crippen LogP contribution is 2.39. The van der Waals surface area contributed by atoms with E-state index in [9.17, 15) is 13.2 Å². The number of nitrogens with zero attached hydrogens (tertiary/aromatic N) is 2. The monoisotopic (exact) mass is 515 g/mol. The molecule has 1 aromatic carbocycles. The van der Waals surface area contributed by atoms with Crippen molar-refractivity contribution in [1.82, 2.24) is 9.55 Å². The third kappa shape index (κ3) is 4.87. The summed E-state index contributed by atoms with van der Waals surface area (Å²) in [5.74, 6) is 1.51. The van der Waals surface area contributed by atoms with Gasteiger partial charge in [-0.2, -0.15) is 4.98 Å². The van der Waals surface area contributed by atoms with Crippen LogP contribution in [0.25, 0.3) is 5.69 Å². The van der Waals surface area contributed by atoms with Gasteiger partial charge in [0.2, 0.25) is 0 Å². The number of sulfonamides is 1. The molecule has 3 rings (SSSR count). The first-order valence-corrected chi connectivity index (χ1v) is 13.1. The van der Waals surface area contributed by atoms with Crippen LogP contribution in [-0.4, -0.2) is 23.7 Å². The van der Waals surface area contributed by atoms with Crippen molar-refractivity contribution in [3.63, 3.8) is 0 Å². The third-order valence-electron chi connectivity index (χ3n) is 4.41. The molecule has 0 amide bonds. The molecular weight excluding hydrogens is 494 g/mol. The van der Waals surface area contributed by atoms with E-state index in [1.807, 2.05) is 13.8 Å². The Morgan fingerprint density at radius 3 is 2.52 bits per heavy atom. The number of fused-ring (bicyclic) bond motifs is 1. The van der Waals surface area contributed by atoms with Gasteiger partial charge in [-0.05, 0) is 56.2 Å². The summed E-state index contributed by atoms with van der Waals surface area (Å²) in [5, 5.41) is 0. The number of thioether (sulfide) groups is 1. The van der Waals surface area contributed by atoms with E-state index < -0.39 is 15.7 Å². The summed E-state index contributed by atoms with van der Waals surface area (Å²) in [6.07, 6.45) is 1.02. The van der Waals surface area contributed by atoms with E-state index in [1.54, 1.807) is 35.2 Å². The zero-order valence-electron chi connectivity index (χ0n) is 16.5. The lowest BCUT2D eigenvalue weighted by molar-refractivity contribution is 0.601. The molecule has 0 spiro atoms. The topological polar surface area (TPSA) is 81.1 Å². The Morgan fingerprint density at radius 2 is 1.90 bits per heavy atom. The van der Waals surface area contributed by atoms with Crippen LogP contribution in [0.2, 0.25) is 0 Å². The number of aryl methyl sites for hydroxylation is 1. The van der Waals surface area contributed by atoms with Gasteiger partial charge in [-0.3, -0.25) is 9.29 Å². The fourth-order valence-electron chi connectivity index (χ4n) is 2.67. The molecule has 10 heteroatoms. The van der Waals surface area contributed by atoms with Gasteiger partial charge in [0.05, 0.1) is 9.10 Å². The second-order valence-electron chi connectivity index (χ2n) is 7.05. The van der Waals surface area contributed by atoms with Crippen LogP contribution in [-0.2, 0) is 10.0 Å². The minimum absolute atomic E-state index is 0.0734. The fourth-order valence-corrected chi connectivity index (χ4v) is 6.71.